The van der Waals surface area contributed by atoms with Crippen molar-refractivity contribution in [1.29, 1.82) is 0 Å². The molecule has 2 aromatic rings. The van der Waals surface area contributed by atoms with E-state index in [4.69, 9.17) is 4.74 Å². The van der Waals surface area contributed by atoms with Crippen molar-refractivity contribution in [3.8, 4) is 0 Å². The molecule has 5 nitrogen and oxygen atoms in total. The van der Waals surface area contributed by atoms with E-state index in [-0.39, 0.29) is 11.5 Å². The minimum absolute atomic E-state index is 0.215. The molecule has 6 heteroatoms. The molecule has 1 heterocycles. The van der Waals surface area contributed by atoms with Crippen LogP contribution in [0.4, 0.5) is 4.39 Å². The molecule has 0 atom stereocenters. The van der Waals surface area contributed by atoms with Gasteiger partial charge < -0.3 is 10.1 Å². The maximum absolute atomic E-state index is 13.8. The third-order valence-electron chi connectivity index (χ3n) is 3.78. The van der Waals surface area contributed by atoms with Crippen molar-refractivity contribution in [1.82, 2.24) is 15.3 Å². The van der Waals surface area contributed by atoms with Gasteiger partial charge >= 0.3 is 0 Å². The van der Waals surface area contributed by atoms with Gasteiger partial charge in [-0.2, -0.15) is 0 Å². The maximum atomic E-state index is 13.8. The molecule has 0 unspecified atom stereocenters. The van der Waals surface area contributed by atoms with Gasteiger partial charge in [0.1, 0.15) is 11.3 Å². The lowest BCUT2D eigenvalue weighted by atomic mass is 10.1. The van der Waals surface area contributed by atoms with Crippen molar-refractivity contribution < 1.29 is 13.9 Å². The van der Waals surface area contributed by atoms with Crippen LogP contribution in [0.1, 0.15) is 47.9 Å². The second-order valence-corrected chi connectivity index (χ2v) is 5.79. The third kappa shape index (κ3) is 4.71. The highest BCUT2D eigenvalue weighted by atomic mass is 19.1. The summed E-state index contributed by atoms with van der Waals surface area (Å²) in [5.74, 6) is -0.835. The second-order valence-electron chi connectivity index (χ2n) is 5.79. The van der Waals surface area contributed by atoms with Gasteiger partial charge in [-0.3, -0.25) is 4.79 Å². The van der Waals surface area contributed by atoms with E-state index in [1.165, 1.54) is 12.1 Å². The van der Waals surface area contributed by atoms with Crippen LogP contribution >= 0.6 is 0 Å². The van der Waals surface area contributed by atoms with Crippen LogP contribution in [0.2, 0.25) is 0 Å². The number of nitrogens with one attached hydrogen (secondary N) is 1. The molecule has 0 fully saturated rings. The van der Waals surface area contributed by atoms with Crippen LogP contribution in [0.25, 0.3) is 11.0 Å². The zero-order valence-corrected chi connectivity index (χ0v) is 14.5. The molecule has 0 aliphatic carbocycles. The molecule has 0 bridgehead atoms. The Morgan fingerprint density at radius 2 is 1.88 bits per heavy atom. The number of ether oxygens (including phenoxy) is 1. The minimum atomic E-state index is -0.492. The molecule has 1 aromatic heterocycles. The van der Waals surface area contributed by atoms with E-state index in [2.05, 4.69) is 22.2 Å². The van der Waals surface area contributed by atoms with Gasteiger partial charge in [-0.1, -0.05) is 13.3 Å². The zero-order valence-electron chi connectivity index (χ0n) is 14.5. The fraction of sp³-hybridized carbons (Fsp3) is 0.500. The monoisotopic (exact) mass is 333 g/mol. The molecule has 1 N–H and O–H groups in total. The predicted octanol–water partition coefficient (Wildman–Crippen LogP) is 3.32. The van der Waals surface area contributed by atoms with Crippen molar-refractivity contribution in [3.05, 3.63) is 34.9 Å². The van der Waals surface area contributed by atoms with E-state index in [1.54, 1.807) is 0 Å². The standard InChI is InChI=1S/C18H24FN3O2/c1-4-5-8-24-9-6-7-20-18(23)15-10-14(19)11-16-17(15)22-13(3)12(2)21-16/h10-11H,4-9H2,1-3H3,(H,20,23). The number of amides is 1. The lowest BCUT2D eigenvalue weighted by Crippen LogP contribution is -2.26. The normalized spacial score (nSPS) is 11.0. The van der Waals surface area contributed by atoms with Crippen molar-refractivity contribution in [2.75, 3.05) is 19.8 Å². The number of aryl methyl sites for hydroxylation is 2. The van der Waals surface area contributed by atoms with Gasteiger partial charge in [0.15, 0.2) is 0 Å². The summed E-state index contributed by atoms with van der Waals surface area (Å²) >= 11 is 0. The van der Waals surface area contributed by atoms with Gasteiger partial charge in [0.2, 0.25) is 0 Å². The van der Waals surface area contributed by atoms with E-state index in [1.807, 2.05) is 13.8 Å². The van der Waals surface area contributed by atoms with Crippen LogP contribution in [-0.4, -0.2) is 35.6 Å². The van der Waals surface area contributed by atoms with E-state index in [9.17, 15) is 9.18 Å². The lowest BCUT2D eigenvalue weighted by molar-refractivity contribution is 0.0941. The van der Waals surface area contributed by atoms with Gasteiger partial charge in [-0.25, -0.2) is 14.4 Å². The number of hydrogen-bond donors (Lipinski definition) is 1. The Kier molecular flexibility index (Phi) is 6.61. The summed E-state index contributed by atoms with van der Waals surface area (Å²) in [5, 5.41) is 2.79. The first-order chi connectivity index (χ1) is 11.5. The summed E-state index contributed by atoms with van der Waals surface area (Å²) in [5.41, 5.74) is 2.49. The van der Waals surface area contributed by atoms with E-state index >= 15 is 0 Å². The summed E-state index contributed by atoms with van der Waals surface area (Å²) in [4.78, 5) is 21.1. The largest absolute Gasteiger partial charge is 0.381 e. The third-order valence-corrected chi connectivity index (χ3v) is 3.78. The highest BCUT2D eigenvalue weighted by molar-refractivity contribution is 6.04. The molecular formula is C18H24FN3O2. The molecule has 0 aliphatic rings. The Bertz CT molecular complexity index is 719. The van der Waals surface area contributed by atoms with Crippen molar-refractivity contribution in [3.63, 3.8) is 0 Å². The smallest absolute Gasteiger partial charge is 0.253 e. The van der Waals surface area contributed by atoms with Crippen LogP contribution in [-0.2, 0) is 4.74 Å². The van der Waals surface area contributed by atoms with Gasteiger partial charge in [0.05, 0.1) is 22.5 Å². The van der Waals surface area contributed by atoms with Crippen LogP contribution in [0.15, 0.2) is 12.1 Å². The SMILES string of the molecule is CCCCOCCCNC(=O)c1cc(F)cc2nc(C)c(C)nc12. The van der Waals surface area contributed by atoms with Crippen LogP contribution < -0.4 is 5.32 Å². The van der Waals surface area contributed by atoms with E-state index in [0.29, 0.717) is 30.6 Å². The number of benzene rings is 1. The number of carbonyl (C=O) groups is 1. The average Bonchev–Trinajstić information content (AvgIpc) is 2.54. The summed E-state index contributed by atoms with van der Waals surface area (Å²) in [6, 6.07) is 2.51. The topological polar surface area (TPSA) is 64.1 Å². The fourth-order valence-electron chi connectivity index (χ4n) is 2.29. The molecule has 2 rings (SSSR count). The Hall–Kier alpha value is -2.08. The van der Waals surface area contributed by atoms with Gasteiger partial charge in [-0.05, 0) is 32.8 Å². The molecule has 0 radical (unpaired) electrons. The predicted molar refractivity (Wildman–Crippen MR) is 91.6 cm³/mol. The van der Waals surface area contributed by atoms with Crippen molar-refractivity contribution in [2.24, 2.45) is 0 Å². The minimum Gasteiger partial charge on any atom is -0.381 e. The quantitative estimate of drug-likeness (QED) is 0.753. The van der Waals surface area contributed by atoms with Crippen LogP contribution in [0.3, 0.4) is 0 Å². The van der Waals surface area contributed by atoms with Crippen LogP contribution in [0, 0.1) is 19.7 Å². The average molecular weight is 333 g/mol. The molecule has 130 valence electrons. The molecule has 24 heavy (non-hydrogen) atoms. The number of aromatic nitrogens is 2. The molecule has 0 aliphatic heterocycles. The molecule has 0 spiro atoms. The highest BCUT2D eigenvalue weighted by Gasteiger charge is 2.15. The van der Waals surface area contributed by atoms with Gasteiger partial charge in [0, 0.05) is 25.8 Å². The molecule has 0 saturated heterocycles. The Labute approximate surface area is 141 Å². The second kappa shape index (κ2) is 8.68. The summed E-state index contributed by atoms with van der Waals surface area (Å²) < 4.78 is 19.2. The molecular weight excluding hydrogens is 309 g/mol. The first-order valence-corrected chi connectivity index (χ1v) is 8.33. The van der Waals surface area contributed by atoms with Gasteiger partial charge in [0.25, 0.3) is 5.91 Å². The first-order valence-electron chi connectivity index (χ1n) is 8.33. The Balaban J connectivity index is 2.02. The number of nitrogens with zero attached hydrogens (tertiary/aromatic N) is 2. The molecule has 1 aromatic carbocycles. The lowest BCUT2D eigenvalue weighted by Gasteiger charge is -2.09. The molecule has 1 amide bonds. The number of unbranched alkanes of at least 4 members (excludes halogenated alkanes) is 1. The maximum Gasteiger partial charge on any atom is 0.253 e. The van der Waals surface area contributed by atoms with Crippen molar-refractivity contribution >= 4 is 16.9 Å². The van der Waals surface area contributed by atoms with E-state index < -0.39 is 5.82 Å². The fourth-order valence-corrected chi connectivity index (χ4v) is 2.29. The number of fused-ring (bicyclic) bond motifs is 1. The summed E-state index contributed by atoms with van der Waals surface area (Å²) in [6.07, 6.45) is 2.86. The van der Waals surface area contributed by atoms with Crippen molar-refractivity contribution in [2.45, 2.75) is 40.0 Å². The highest BCUT2D eigenvalue weighted by Crippen LogP contribution is 2.19. The zero-order chi connectivity index (χ0) is 17.5. The Morgan fingerprint density at radius 1 is 1.17 bits per heavy atom. The summed E-state index contributed by atoms with van der Waals surface area (Å²) in [7, 11) is 0. The Morgan fingerprint density at radius 3 is 2.62 bits per heavy atom. The number of carbonyl (C=O) groups excluding carboxylic acids is 1. The molecule has 0 saturated carbocycles. The first kappa shape index (κ1) is 18.3. The number of rotatable bonds is 8. The van der Waals surface area contributed by atoms with Gasteiger partial charge in [-0.15, -0.1) is 0 Å². The van der Waals surface area contributed by atoms with Crippen LogP contribution in [0.5, 0.6) is 0 Å². The number of hydrogen-bond acceptors (Lipinski definition) is 4. The van der Waals surface area contributed by atoms with E-state index in [0.717, 1.165) is 30.8 Å². The summed E-state index contributed by atoms with van der Waals surface area (Å²) in [6.45, 7) is 7.56. The number of halogens is 1.